The van der Waals surface area contributed by atoms with Gasteiger partial charge in [0.05, 0.1) is 6.04 Å². The fraction of sp³-hybridized carbons (Fsp3) is 0.483. The highest BCUT2D eigenvalue weighted by atomic mass is 16.2. The van der Waals surface area contributed by atoms with E-state index in [-0.39, 0.29) is 17.5 Å². The second kappa shape index (κ2) is 9.93. The molecular weight excluding hydrogens is 420 g/mol. The Morgan fingerprint density at radius 3 is 2.68 bits per heavy atom. The number of aromatic amines is 1. The molecular formula is C29H38N4O. The van der Waals surface area contributed by atoms with Crippen molar-refractivity contribution in [3.63, 3.8) is 0 Å². The molecule has 3 aromatic rings. The molecule has 2 aromatic carbocycles. The summed E-state index contributed by atoms with van der Waals surface area (Å²) in [7, 11) is 0. The van der Waals surface area contributed by atoms with Crippen LogP contribution in [0.2, 0.25) is 0 Å². The minimum absolute atomic E-state index is 0.0830. The lowest BCUT2D eigenvalue weighted by atomic mass is 9.74. The molecule has 0 spiro atoms. The van der Waals surface area contributed by atoms with Crippen LogP contribution in [0.3, 0.4) is 0 Å². The van der Waals surface area contributed by atoms with Crippen molar-refractivity contribution in [2.45, 2.75) is 64.5 Å². The zero-order valence-corrected chi connectivity index (χ0v) is 20.6. The molecule has 1 amide bonds. The van der Waals surface area contributed by atoms with Crippen molar-refractivity contribution in [1.82, 2.24) is 20.3 Å². The number of H-pyrrole nitrogens is 1. The maximum absolute atomic E-state index is 14.4. The summed E-state index contributed by atoms with van der Waals surface area (Å²) in [5.41, 5.74) is 3.43. The molecule has 1 saturated carbocycles. The molecule has 5 rings (SSSR count). The lowest BCUT2D eigenvalue weighted by Crippen LogP contribution is -2.61. The van der Waals surface area contributed by atoms with Gasteiger partial charge in [0.1, 0.15) is 0 Å². The van der Waals surface area contributed by atoms with Gasteiger partial charge in [-0.1, -0.05) is 68.7 Å². The molecule has 1 aliphatic heterocycles. The smallest absolute Gasteiger partial charge is 0.243 e. The van der Waals surface area contributed by atoms with E-state index in [4.69, 9.17) is 0 Å². The van der Waals surface area contributed by atoms with E-state index in [2.05, 4.69) is 88.8 Å². The lowest BCUT2D eigenvalue weighted by Gasteiger charge is -2.49. The van der Waals surface area contributed by atoms with Crippen molar-refractivity contribution >= 4 is 16.8 Å². The number of nitrogens with zero attached hydrogens (tertiary/aromatic N) is 2. The van der Waals surface area contributed by atoms with Crippen LogP contribution in [0.25, 0.3) is 10.9 Å². The molecule has 180 valence electrons. The molecule has 5 heteroatoms. The van der Waals surface area contributed by atoms with Gasteiger partial charge in [0.15, 0.2) is 0 Å². The summed E-state index contributed by atoms with van der Waals surface area (Å²) in [6.45, 7) is 6.99. The van der Waals surface area contributed by atoms with E-state index in [1.807, 2.05) is 6.20 Å². The Labute approximate surface area is 203 Å². The van der Waals surface area contributed by atoms with Gasteiger partial charge in [0.2, 0.25) is 5.91 Å². The minimum Gasteiger partial charge on any atom is -0.361 e. The van der Waals surface area contributed by atoms with Crippen LogP contribution in [0, 0.1) is 5.41 Å². The Balaban J connectivity index is 1.53. The largest absolute Gasteiger partial charge is 0.361 e. The Kier molecular flexibility index (Phi) is 6.75. The fourth-order valence-electron chi connectivity index (χ4n) is 6.06. The number of benzene rings is 2. The van der Waals surface area contributed by atoms with Crippen molar-refractivity contribution in [1.29, 1.82) is 0 Å². The van der Waals surface area contributed by atoms with E-state index >= 15 is 0 Å². The van der Waals surface area contributed by atoms with Gasteiger partial charge in [-0.2, -0.15) is 0 Å². The number of rotatable bonds is 6. The Hall–Kier alpha value is -2.63. The van der Waals surface area contributed by atoms with Crippen molar-refractivity contribution in [2.75, 3.05) is 19.6 Å². The summed E-state index contributed by atoms with van der Waals surface area (Å²) in [6, 6.07) is 19.5. The maximum Gasteiger partial charge on any atom is 0.243 e. The fourth-order valence-corrected chi connectivity index (χ4v) is 6.06. The number of nitrogens with one attached hydrogen (secondary N) is 2. The van der Waals surface area contributed by atoms with Crippen LogP contribution in [0.5, 0.6) is 0 Å². The summed E-state index contributed by atoms with van der Waals surface area (Å²) in [5, 5.41) is 9.42. The molecule has 2 heterocycles. The molecule has 1 aromatic heterocycles. The average Bonchev–Trinajstić information content (AvgIpc) is 3.35. The molecule has 34 heavy (non-hydrogen) atoms. The van der Waals surface area contributed by atoms with Crippen LogP contribution in [0.4, 0.5) is 0 Å². The number of hydrazine groups is 1. The number of hydrogen-bond donors (Lipinski definition) is 2. The molecule has 0 radical (unpaired) electrons. The van der Waals surface area contributed by atoms with Gasteiger partial charge >= 0.3 is 0 Å². The summed E-state index contributed by atoms with van der Waals surface area (Å²) < 4.78 is 0. The summed E-state index contributed by atoms with van der Waals surface area (Å²) in [4.78, 5) is 17.8. The molecule has 2 fully saturated rings. The van der Waals surface area contributed by atoms with Crippen LogP contribution < -0.4 is 5.32 Å². The minimum atomic E-state index is -0.279. The number of amides is 1. The van der Waals surface area contributed by atoms with Gasteiger partial charge in [-0.05, 0) is 49.4 Å². The molecule has 2 unspecified atom stereocenters. The monoisotopic (exact) mass is 458 g/mol. The van der Waals surface area contributed by atoms with Gasteiger partial charge in [-0.25, -0.2) is 5.01 Å². The first kappa shape index (κ1) is 23.1. The second-order valence-electron chi connectivity index (χ2n) is 10.5. The third kappa shape index (κ3) is 4.51. The van der Waals surface area contributed by atoms with E-state index in [0.717, 1.165) is 57.3 Å². The number of hydrogen-bond acceptors (Lipinski definition) is 3. The van der Waals surface area contributed by atoms with Crippen LogP contribution in [-0.2, 0) is 11.2 Å². The standard InChI is InChI=1S/C29H38N4O/c1-22(20-23-10-5-3-6-11-23)33(28(34)29(2)15-7-4-8-16-29)32-19-18-30-21-27(32)25-12-9-13-26-24(25)14-17-31-26/h3,5-6,9-14,17,22,27,30-31H,4,7-8,15-16,18-21H2,1-2H3. The van der Waals surface area contributed by atoms with Gasteiger partial charge < -0.3 is 10.3 Å². The topological polar surface area (TPSA) is 51.4 Å². The van der Waals surface area contributed by atoms with E-state index in [1.165, 1.54) is 22.9 Å². The molecule has 2 N–H and O–H groups in total. The molecule has 5 nitrogen and oxygen atoms in total. The third-order valence-corrected chi connectivity index (χ3v) is 7.95. The first-order valence-electron chi connectivity index (χ1n) is 13.0. The zero-order valence-electron chi connectivity index (χ0n) is 20.6. The van der Waals surface area contributed by atoms with E-state index in [0.29, 0.717) is 5.91 Å². The van der Waals surface area contributed by atoms with Crippen LogP contribution in [0.1, 0.15) is 63.1 Å². The molecule has 0 bridgehead atoms. The van der Waals surface area contributed by atoms with Crippen LogP contribution >= 0.6 is 0 Å². The Bertz CT molecular complexity index is 1100. The van der Waals surface area contributed by atoms with Crippen LogP contribution in [0.15, 0.2) is 60.8 Å². The number of carbonyl (C=O) groups excluding carboxylic acids is 1. The summed E-state index contributed by atoms with van der Waals surface area (Å²) in [5.74, 6) is 0.309. The average molecular weight is 459 g/mol. The second-order valence-corrected chi connectivity index (χ2v) is 10.5. The number of carbonyl (C=O) groups is 1. The highest BCUT2D eigenvalue weighted by molar-refractivity contribution is 5.84. The van der Waals surface area contributed by atoms with Crippen LogP contribution in [-0.4, -0.2) is 46.6 Å². The zero-order chi connectivity index (χ0) is 23.5. The van der Waals surface area contributed by atoms with E-state index < -0.39 is 0 Å². The Morgan fingerprint density at radius 1 is 1.09 bits per heavy atom. The van der Waals surface area contributed by atoms with E-state index in [9.17, 15) is 4.79 Å². The first-order valence-corrected chi connectivity index (χ1v) is 13.0. The quantitative estimate of drug-likeness (QED) is 0.516. The van der Waals surface area contributed by atoms with Crippen molar-refractivity contribution in [3.05, 3.63) is 71.9 Å². The number of piperazine rings is 1. The summed E-state index contributed by atoms with van der Waals surface area (Å²) >= 11 is 0. The van der Waals surface area contributed by atoms with Crippen molar-refractivity contribution < 1.29 is 4.79 Å². The summed E-state index contributed by atoms with van der Waals surface area (Å²) in [6.07, 6.45) is 8.39. The van der Waals surface area contributed by atoms with Crippen molar-refractivity contribution in [2.24, 2.45) is 5.41 Å². The molecule has 2 atom stereocenters. The predicted octanol–water partition coefficient (Wildman–Crippen LogP) is 5.46. The van der Waals surface area contributed by atoms with E-state index in [1.54, 1.807) is 0 Å². The third-order valence-electron chi connectivity index (χ3n) is 7.95. The van der Waals surface area contributed by atoms with Gasteiger partial charge in [0.25, 0.3) is 0 Å². The van der Waals surface area contributed by atoms with Gasteiger partial charge in [0, 0.05) is 48.2 Å². The number of fused-ring (bicyclic) bond motifs is 1. The predicted molar refractivity (Wildman–Crippen MR) is 138 cm³/mol. The molecule has 1 aliphatic carbocycles. The normalized spacial score (nSPS) is 21.9. The van der Waals surface area contributed by atoms with Gasteiger partial charge in [-0.15, -0.1) is 0 Å². The van der Waals surface area contributed by atoms with Crippen molar-refractivity contribution in [3.8, 4) is 0 Å². The number of aromatic nitrogens is 1. The highest BCUT2D eigenvalue weighted by Crippen LogP contribution is 2.40. The lowest BCUT2D eigenvalue weighted by molar-refractivity contribution is -0.175. The SMILES string of the molecule is CC(Cc1ccccc1)N(C(=O)C1(C)CCCCC1)N1CCNCC1c1cccc2[nH]ccc12. The molecule has 1 saturated heterocycles. The molecule has 2 aliphatic rings. The maximum atomic E-state index is 14.4. The van der Waals surface area contributed by atoms with Gasteiger partial charge in [-0.3, -0.25) is 9.80 Å². The Morgan fingerprint density at radius 2 is 1.88 bits per heavy atom. The first-order chi connectivity index (χ1) is 16.6. The highest BCUT2D eigenvalue weighted by Gasteiger charge is 2.43.